The summed E-state index contributed by atoms with van der Waals surface area (Å²) < 4.78 is 12.8. The second-order valence-electron chi connectivity index (χ2n) is 3.76. The first kappa shape index (κ1) is 11.6. The first-order valence-corrected chi connectivity index (χ1v) is 4.51. The monoisotopic (exact) mass is 212 g/mol. The molecule has 1 unspecified atom stereocenters. The van der Waals surface area contributed by atoms with Gasteiger partial charge < -0.3 is 10.8 Å². The highest BCUT2D eigenvalue weighted by atomic mass is 19.1. The fraction of sp³-hybridized carbons (Fsp3) is 0.400. The Kier molecular flexibility index (Phi) is 3.36. The molecule has 1 aromatic rings. The lowest BCUT2D eigenvalue weighted by atomic mass is 9.84. The van der Waals surface area contributed by atoms with Crippen LogP contribution >= 0.6 is 0 Å². The molecule has 0 aliphatic rings. The van der Waals surface area contributed by atoms with E-state index in [-0.39, 0.29) is 13.0 Å². The minimum absolute atomic E-state index is 0.00114. The number of aromatic nitrogens is 1. The normalized spacial score (nSPS) is 14.6. The van der Waals surface area contributed by atoms with Gasteiger partial charge in [0.15, 0.2) is 0 Å². The van der Waals surface area contributed by atoms with Crippen LogP contribution in [0.25, 0.3) is 0 Å². The molecule has 0 bridgehead atoms. The number of carbonyl (C=O) groups is 1. The highest BCUT2D eigenvalue weighted by Gasteiger charge is 2.31. The first-order valence-electron chi connectivity index (χ1n) is 4.51. The molecule has 1 aromatic heterocycles. The largest absolute Gasteiger partial charge is 0.481 e. The molecule has 1 atom stereocenters. The maximum Gasteiger partial charge on any atom is 0.310 e. The number of nitrogens with two attached hydrogens (primary N) is 1. The summed E-state index contributed by atoms with van der Waals surface area (Å²) in [5, 5.41) is 8.97. The van der Waals surface area contributed by atoms with Crippen molar-refractivity contribution < 1.29 is 14.3 Å². The van der Waals surface area contributed by atoms with Gasteiger partial charge in [-0.2, -0.15) is 0 Å². The molecule has 0 aliphatic heterocycles. The number of halogens is 1. The van der Waals surface area contributed by atoms with Crippen LogP contribution < -0.4 is 5.73 Å². The van der Waals surface area contributed by atoms with Crippen LogP contribution in [0.2, 0.25) is 0 Å². The quantitative estimate of drug-likeness (QED) is 0.774. The van der Waals surface area contributed by atoms with Gasteiger partial charge in [0.1, 0.15) is 5.82 Å². The van der Waals surface area contributed by atoms with E-state index in [9.17, 15) is 9.18 Å². The van der Waals surface area contributed by atoms with Crippen molar-refractivity contribution in [3.63, 3.8) is 0 Å². The topological polar surface area (TPSA) is 76.2 Å². The molecule has 15 heavy (non-hydrogen) atoms. The molecule has 0 radical (unpaired) electrons. The second kappa shape index (κ2) is 4.35. The standard InChI is InChI=1S/C10H13FN2O2/c1-10(6-12,9(14)15)3-7-2-8(11)5-13-4-7/h2,4-5H,3,6,12H2,1H3,(H,14,15). The van der Waals surface area contributed by atoms with E-state index >= 15 is 0 Å². The van der Waals surface area contributed by atoms with Crippen molar-refractivity contribution >= 4 is 5.97 Å². The summed E-state index contributed by atoms with van der Waals surface area (Å²) in [6, 6.07) is 1.27. The van der Waals surface area contributed by atoms with Gasteiger partial charge in [0, 0.05) is 12.7 Å². The van der Waals surface area contributed by atoms with Crippen molar-refractivity contribution in [1.82, 2.24) is 4.98 Å². The molecule has 4 nitrogen and oxygen atoms in total. The maximum atomic E-state index is 12.8. The Hall–Kier alpha value is -1.49. The Morgan fingerprint density at radius 1 is 1.67 bits per heavy atom. The molecule has 0 aromatic carbocycles. The smallest absolute Gasteiger partial charge is 0.310 e. The van der Waals surface area contributed by atoms with Crippen LogP contribution in [0.4, 0.5) is 4.39 Å². The Morgan fingerprint density at radius 2 is 2.33 bits per heavy atom. The minimum atomic E-state index is -1.07. The summed E-state index contributed by atoms with van der Waals surface area (Å²) in [5.41, 5.74) is 4.86. The van der Waals surface area contributed by atoms with Gasteiger partial charge in [-0.25, -0.2) is 4.39 Å². The van der Waals surface area contributed by atoms with Crippen LogP contribution in [0.1, 0.15) is 12.5 Å². The summed E-state index contributed by atoms with van der Waals surface area (Å²) in [7, 11) is 0. The summed E-state index contributed by atoms with van der Waals surface area (Å²) in [6.45, 7) is 1.53. The van der Waals surface area contributed by atoms with Crippen molar-refractivity contribution in [3.8, 4) is 0 Å². The van der Waals surface area contributed by atoms with Gasteiger partial charge in [-0.15, -0.1) is 0 Å². The number of hydrogen-bond acceptors (Lipinski definition) is 3. The molecular formula is C10H13FN2O2. The zero-order valence-corrected chi connectivity index (χ0v) is 8.40. The van der Waals surface area contributed by atoms with Crippen LogP contribution in [-0.4, -0.2) is 22.6 Å². The third-order valence-electron chi connectivity index (χ3n) is 2.32. The maximum absolute atomic E-state index is 12.8. The number of rotatable bonds is 4. The molecule has 5 heteroatoms. The molecule has 0 saturated carbocycles. The lowest BCUT2D eigenvalue weighted by molar-refractivity contribution is -0.147. The van der Waals surface area contributed by atoms with E-state index < -0.39 is 17.2 Å². The van der Waals surface area contributed by atoms with Crippen molar-refractivity contribution in [2.45, 2.75) is 13.3 Å². The molecule has 0 fully saturated rings. The fourth-order valence-electron chi connectivity index (χ4n) is 1.24. The van der Waals surface area contributed by atoms with Crippen molar-refractivity contribution in [2.75, 3.05) is 6.54 Å². The number of carboxylic acid groups (broad SMARTS) is 1. The average molecular weight is 212 g/mol. The molecule has 3 N–H and O–H groups in total. The number of pyridine rings is 1. The zero-order valence-electron chi connectivity index (χ0n) is 8.40. The summed E-state index contributed by atoms with van der Waals surface area (Å²) in [5.74, 6) is -1.47. The van der Waals surface area contributed by atoms with Gasteiger partial charge in [-0.05, 0) is 25.0 Å². The lowest BCUT2D eigenvalue weighted by Crippen LogP contribution is -2.37. The van der Waals surface area contributed by atoms with E-state index in [0.29, 0.717) is 5.56 Å². The molecule has 0 amide bonds. The van der Waals surface area contributed by atoms with E-state index in [4.69, 9.17) is 10.8 Å². The lowest BCUT2D eigenvalue weighted by Gasteiger charge is -2.22. The van der Waals surface area contributed by atoms with Crippen LogP contribution in [0.3, 0.4) is 0 Å². The molecule has 0 spiro atoms. The Morgan fingerprint density at radius 3 is 2.80 bits per heavy atom. The number of nitrogens with zero attached hydrogens (tertiary/aromatic N) is 1. The first-order chi connectivity index (χ1) is 6.98. The number of aliphatic carboxylic acids is 1. The SMILES string of the molecule is CC(CN)(Cc1cncc(F)c1)C(=O)O. The molecular weight excluding hydrogens is 199 g/mol. The van der Waals surface area contributed by atoms with Gasteiger partial charge in [0.2, 0.25) is 0 Å². The van der Waals surface area contributed by atoms with Crippen LogP contribution in [-0.2, 0) is 11.2 Å². The Balaban J connectivity index is 2.89. The predicted molar refractivity (Wildman–Crippen MR) is 52.7 cm³/mol. The molecule has 1 heterocycles. The summed E-state index contributed by atoms with van der Waals surface area (Å²) >= 11 is 0. The number of hydrogen-bond donors (Lipinski definition) is 2. The third kappa shape index (κ3) is 2.73. The van der Waals surface area contributed by atoms with Gasteiger partial charge in [-0.3, -0.25) is 9.78 Å². The average Bonchev–Trinajstić information content (AvgIpc) is 2.17. The minimum Gasteiger partial charge on any atom is -0.481 e. The molecule has 0 saturated heterocycles. The fourth-order valence-corrected chi connectivity index (χ4v) is 1.24. The van der Waals surface area contributed by atoms with Crippen molar-refractivity contribution in [1.29, 1.82) is 0 Å². The predicted octanol–water partition coefficient (Wildman–Crippen LogP) is 0.813. The Bertz CT molecular complexity index is 370. The van der Waals surface area contributed by atoms with Crippen LogP contribution in [0, 0.1) is 11.2 Å². The van der Waals surface area contributed by atoms with Crippen molar-refractivity contribution in [2.24, 2.45) is 11.1 Å². The Labute approximate surface area is 86.9 Å². The van der Waals surface area contributed by atoms with Gasteiger partial charge in [0.25, 0.3) is 0 Å². The van der Waals surface area contributed by atoms with Crippen molar-refractivity contribution in [3.05, 3.63) is 29.8 Å². The molecule has 1 rings (SSSR count). The second-order valence-corrected chi connectivity index (χ2v) is 3.76. The van der Waals surface area contributed by atoms with E-state index in [1.807, 2.05) is 0 Å². The summed E-state index contributed by atoms with van der Waals surface area (Å²) in [6.07, 6.45) is 2.69. The van der Waals surface area contributed by atoms with E-state index in [0.717, 1.165) is 6.20 Å². The van der Waals surface area contributed by atoms with Crippen LogP contribution in [0.15, 0.2) is 18.5 Å². The summed E-state index contributed by atoms with van der Waals surface area (Å²) in [4.78, 5) is 14.6. The van der Waals surface area contributed by atoms with Crippen LogP contribution in [0.5, 0.6) is 0 Å². The van der Waals surface area contributed by atoms with E-state index in [1.165, 1.54) is 19.2 Å². The molecule has 0 aliphatic carbocycles. The number of carboxylic acids is 1. The van der Waals surface area contributed by atoms with E-state index in [1.54, 1.807) is 0 Å². The highest BCUT2D eigenvalue weighted by Crippen LogP contribution is 2.21. The molecule has 82 valence electrons. The highest BCUT2D eigenvalue weighted by molar-refractivity contribution is 5.74. The van der Waals surface area contributed by atoms with Gasteiger partial charge in [0.05, 0.1) is 11.6 Å². The van der Waals surface area contributed by atoms with E-state index in [2.05, 4.69) is 4.98 Å². The zero-order chi connectivity index (χ0) is 11.5. The van der Waals surface area contributed by atoms with Gasteiger partial charge in [-0.1, -0.05) is 0 Å². The third-order valence-corrected chi connectivity index (χ3v) is 2.32. The van der Waals surface area contributed by atoms with Gasteiger partial charge >= 0.3 is 5.97 Å².